The van der Waals surface area contributed by atoms with Crippen molar-refractivity contribution in [3.63, 3.8) is 0 Å². The molecule has 1 aliphatic rings. The largest absolute Gasteiger partial charge is 0.480 e. The van der Waals surface area contributed by atoms with Crippen LogP contribution in [0.2, 0.25) is 0 Å². The lowest BCUT2D eigenvalue weighted by atomic mass is 9.97. The molecule has 0 radical (unpaired) electrons. The summed E-state index contributed by atoms with van der Waals surface area (Å²) in [5, 5.41) is 26.9. The summed E-state index contributed by atoms with van der Waals surface area (Å²) in [6.07, 6.45) is 5.10. The molecule has 254 valence electrons. The molecule has 0 saturated carbocycles. The van der Waals surface area contributed by atoms with Crippen LogP contribution in [0.3, 0.4) is 0 Å². The van der Waals surface area contributed by atoms with Gasteiger partial charge in [0.2, 0.25) is 11.8 Å². The summed E-state index contributed by atoms with van der Waals surface area (Å²) in [5.74, 6) is -0.758. The molecule has 0 fully saturated rings. The molecule has 1 heterocycles. The van der Waals surface area contributed by atoms with Gasteiger partial charge in [0, 0.05) is 32.2 Å². The third kappa shape index (κ3) is 10.8. The van der Waals surface area contributed by atoms with E-state index in [1.165, 1.54) is 11.8 Å². The fourth-order valence-corrected chi connectivity index (χ4v) is 6.37. The van der Waals surface area contributed by atoms with Crippen LogP contribution >= 0.6 is 11.8 Å². The maximum Gasteiger partial charge on any atom is 0.326 e. The number of amides is 2. The number of rotatable bonds is 18. The van der Waals surface area contributed by atoms with Gasteiger partial charge in [-0.25, -0.2) is 4.79 Å². The van der Waals surface area contributed by atoms with Gasteiger partial charge in [-0.05, 0) is 58.4 Å². The summed E-state index contributed by atoms with van der Waals surface area (Å²) >= 11 is 1.54. The molecule has 3 aromatic carbocycles. The van der Waals surface area contributed by atoms with Gasteiger partial charge >= 0.3 is 5.97 Å². The molecule has 3 aromatic rings. The highest BCUT2D eigenvalue weighted by atomic mass is 32.2. The predicted octanol–water partition coefficient (Wildman–Crippen LogP) is 4.67. The van der Waals surface area contributed by atoms with Crippen LogP contribution < -0.4 is 10.6 Å². The number of nitriles is 1. The summed E-state index contributed by atoms with van der Waals surface area (Å²) in [4.78, 5) is 47.3. The number of benzene rings is 3. The monoisotopic (exact) mass is 670 g/mol. The smallest absolute Gasteiger partial charge is 0.326 e. The number of carboxylic acids is 1. The van der Waals surface area contributed by atoms with Crippen LogP contribution in [0.5, 0.6) is 0 Å². The Morgan fingerprint density at radius 1 is 1.08 bits per heavy atom. The van der Waals surface area contributed by atoms with Crippen molar-refractivity contribution in [1.82, 2.24) is 20.4 Å². The highest BCUT2D eigenvalue weighted by Crippen LogP contribution is 2.21. The Labute approximate surface area is 287 Å². The van der Waals surface area contributed by atoms with Gasteiger partial charge in [0.1, 0.15) is 6.04 Å². The van der Waals surface area contributed by atoms with Gasteiger partial charge in [-0.1, -0.05) is 74.9 Å². The topological polar surface area (TPSA) is 138 Å². The number of fused-ring (bicyclic) bond motifs is 1. The molecule has 4 atom stereocenters. The van der Waals surface area contributed by atoms with Gasteiger partial charge < -0.3 is 20.6 Å². The van der Waals surface area contributed by atoms with Crippen molar-refractivity contribution in [2.45, 2.75) is 64.3 Å². The minimum Gasteiger partial charge on any atom is -0.480 e. The highest BCUT2D eigenvalue weighted by molar-refractivity contribution is 7.98. The summed E-state index contributed by atoms with van der Waals surface area (Å²) in [5.41, 5.74) is 2.73. The van der Waals surface area contributed by atoms with E-state index in [0.717, 1.165) is 28.3 Å². The van der Waals surface area contributed by atoms with Crippen molar-refractivity contribution in [3.05, 3.63) is 83.4 Å². The maximum atomic E-state index is 13.4. The van der Waals surface area contributed by atoms with Crippen LogP contribution in [0.1, 0.15) is 49.8 Å². The molecule has 11 heteroatoms. The second kappa shape index (κ2) is 18.2. The van der Waals surface area contributed by atoms with Gasteiger partial charge in [0.15, 0.2) is 0 Å². The molecule has 10 nitrogen and oxygen atoms in total. The molecule has 0 aromatic heterocycles. The van der Waals surface area contributed by atoms with E-state index in [0.29, 0.717) is 43.9 Å². The number of nitrogens with zero attached hydrogens (tertiary/aromatic N) is 4. The number of carbonyl (C=O) groups is 3. The number of hydrogen-bond acceptors (Lipinski definition) is 8. The van der Waals surface area contributed by atoms with Crippen molar-refractivity contribution in [2.24, 2.45) is 10.9 Å². The van der Waals surface area contributed by atoms with Crippen molar-refractivity contribution >= 4 is 46.7 Å². The van der Waals surface area contributed by atoms with Crippen LogP contribution in [0.4, 0.5) is 0 Å². The Bertz CT molecular complexity index is 1600. The number of carbonyl (C=O) groups excluding carboxylic acids is 2. The zero-order valence-corrected chi connectivity index (χ0v) is 28.8. The van der Waals surface area contributed by atoms with Gasteiger partial charge in [-0.2, -0.15) is 17.0 Å². The predicted molar refractivity (Wildman–Crippen MR) is 192 cm³/mol. The third-order valence-electron chi connectivity index (χ3n) is 8.79. The minimum absolute atomic E-state index is 0.00764. The van der Waals surface area contributed by atoms with Crippen LogP contribution in [0.15, 0.2) is 71.7 Å². The van der Waals surface area contributed by atoms with E-state index in [-0.39, 0.29) is 42.8 Å². The summed E-state index contributed by atoms with van der Waals surface area (Å²) in [6.45, 7) is 6.31. The van der Waals surface area contributed by atoms with Crippen molar-refractivity contribution in [1.29, 1.82) is 5.26 Å². The molecule has 2 amide bonds. The number of nitrogens with one attached hydrogen (secondary N) is 2. The first kappa shape index (κ1) is 36.4. The Morgan fingerprint density at radius 3 is 2.54 bits per heavy atom. The van der Waals surface area contributed by atoms with Crippen molar-refractivity contribution < 1.29 is 19.5 Å². The Kier molecular flexibility index (Phi) is 13.8. The Hall–Kier alpha value is -4.40. The normalized spacial score (nSPS) is 16.0. The average molecular weight is 671 g/mol. The second-order valence-corrected chi connectivity index (χ2v) is 13.5. The lowest BCUT2D eigenvalue weighted by Gasteiger charge is -2.32. The van der Waals surface area contributed by atoms with Crippen molar-refractivity contribution in [2.75, 3.05) is 31.6 Å². The molecule has 2 unspecified atom stereocenters. The lowest BCUT2D eigenvalue weighted by Crippen LogP contribution is -2.51. The van der Waals surface area contributed by atoms with E-state index in [9.17, 15) is 19.5 Å². The van der Waals surface area contributed by atoms with E-state index < -0.39 is 12.0 Å². The standard InChI is InChI=1S/C37H46N6O4S/c1-4-26(2)34(41-35(44)18-31-22-43(25-39-31)20-28-14-12-27(19-38)13-15-28)23-42(24-36(45)40-33(37(46)47)16-17-48-3)21-30-10-7-9-29-8-5-6-11-32(29)30/h5-15,25-26,31,33-34H,4,16-18,20-24H2,1-3H3,(H,40,45)(H,41,44)(H,46,47)/t26?,31?,33-,34+/m0/s1. The van der Waals surface area contributed by atoms with Gasteiger partial charge in [-0.15, -0.1) is 0 Å². The van der Waals surface area contributed by atoms with Crippen LogP contribution in [-0.2, 0) is 27.5 Å². The van der Waals surface area contributed by atoms with Gasteiger partial charge in [0.25, 0.3) is 0 Å². The van der Waals surface area contributed by atoms with Crippen LogP contribution in [0, 0.1) is 17.2 Å². The first-order chi connectivity index (χ1) is 23.2. The average Bonchev–Trinajstić information content (AvgIpc) is 3.52. The lowest BCUT2D eigenvalue weighted by molar-refractivity contribution is -0.142. The molecule has 0 spiro atoms. The number of aliphatic imine (C=N–C) groups is 1. The quantitative estimate of drug-likeness (QED) is 0.178. The fraction of sp³-hybridized carbons (Fsp3) is 0.432. The minimum atomic E-state index is -1.05. The van der Waals surface area contributed by atoms with Crippen molar-refractivity contribution in [3.8, 4) is 6.07 Å². The van der Waals surface area contributed by atoms with E-state index in [1.54, 1.807) is 18.5 Å². The maximum absolute atomic E-state index is 13.4. The number of carboxylic acid groups (broad SMARTS) is 1. The SMILES string of the molecule is CCC(C)[C@@H](CN(CC(=O)N[C@@H](CCSC)C(=O)O)Cc1cccc2ccccc12)NC(=O)CC1CN(Cc2ccc(C#N)cc2)C=N1. The molecule has 3 N–H and O–H groups in total. The van der Waals surface area contributed by atoms with Crippen LogP contribution in [0.25, 0.3) is 10.8 Å². The third-order valence-corrected chi connectivity index (χ3v) is 9.44. The fourth-order valence-electron chi connectivity index (χ4n) is 5.90. The molecule has 1 aliphatic heterocycles. The summed E-state index contributed by atoms with van der Waals surface area (Å²) in [6, 6.07) is 22.4. The molecular formula is C37H46N6O4S. The summed E-state index contributed by atoms with van der Waals surface area (Å²) in [7, 11) is 0. The Morgan fingerprint density at radius 2 is 1.83 bits per heavy atom. The number of thioether (sulfide) groups is 1. The molecule has 0 saturated heterocycles. The van der Waals surface area contributed by atoms with E-state index in [2.05, 4.69) is 58.6 Å². The number of hydrogen-bond donors (Lipinski definition) is 3. The first-order valence-electron chi connectivity index (χ1n) is 16.4. The van der Waals surface area contributed by atoms with E-state index in [1.807, 2.05) is 47.6 Å². The zero-order chi connectivity index (χ0) is 34.5. The van der Waals surface area contributed by atoms with Gasteiger partial charge in [0.05, 0.1) is 37.0 Å². The van der Waals surface area contributed by atoms with E-state index in [4.69, 9.17) is 5.26 Å². The Balaban J connectivity index is 1.44. The second-order valence-electron chi connectivity index (χ2n) is 12.5. The van der Waals surface area contributed by atoms with E-state index >= 15 is 0 Å². The van der Waals surface area contributed by atoms with Gasteiger partial charge in [-0.3, -0.25) is 19.5 Å². The first-order valence-corrected chi connectivity index (χ1v) is 17.8. The molecule has 48 heavy (non-hydrogen) atoms. The molecule has 0 aliphatic carbocycles. The molecular weight excluding hydrogens is 625 g/mol. The molecule has 4 rings (SSSR count). The molecule has 0 bridgehead atoms. The zero-order valence-electron chi connectivity index (χ0n) is 28.0. The number of aliphatic carboxylic acids is 1. The van der Waals surface area contributed by atoms with Crippen LogP contribution in [-0.4, -0.2) is 88.8 Å². The highest BCUT2D eigenvalue weighted by Gasteiger charge is 2.27. The summed E-state index contributed by atoms with van der Waals surface area (Å²) < 4.78 is 0.